The molecule has 0 aromatic carbocycles. The van der Waals surface area contributed by atoms with Gasteiger partial charge in [-0.1, -0.05) is 0 Å². The molecule has 6 nitrogen and oxygen atoms in total. The Morgan fingerprint density at radius 3 is 2.38 bits per heavy atom. The lowest BCUT2D eigenvalue weighted by Gasteiger charge is -2.36. The van der Waals surface area contributed by atoms with Gasteiger partial charge in [-0.3, -0.25) is 4.79 Å². The molecule has 2 aliphatic rings. The van der Waals surface area contributed by atoms with E-state index in [1.54, 1.807) is 11.8 Å². The molecular formula is C17H28F3N3O3. The topological polar surface area (TPSA) is 61.9 Å². The van der Waals surface area contributed by atoms with Gasteiger partial charge >= 0.3 is 12.3 Å². The molecule has 0 radical (unpaired) electrons. The van der Waals surface area contributed by atoms with Gasteiger partial charge in [0.25, 0.3) is 0 Å². The van der Waals surface area contributed by atoms with Crippen LogP contribution in [0.25, 0.3) is 0 Å². The van der Waals surface area contributed by atoms with Crippen molar-refractivity contribution < 1.29 is 27.5 Å². The van der Waals surface area contributed by atoms with Crippen molar-refractivity contribution in [2.75, 3.05) is 39.3 Å². The van der Waals surface area contributed by atoms with E-state index < -0.39 is 18.6 Å². The molecular weight excluding hydrogens is 351 g/mol. The van der Waals surface area contributed by atoms with Crippen molar-refractivity contribution in [3.8, 4) is 0 Å². The van der Waals surface area contributed by atoms with Crippen LogP contribution in [0.1, 0.15) is 39.0 Å². The summed E-state index contributed by atoms with van der Waals surface area (Å²) in [6.45, 7) is 3.62. The van der Waals surface area contributed by atoms with Crippen LogP contribution in [0.2, 0.25) is 0 Å². The van der Waals surface area contributed by atoms with Crippen molar-refractivity contribution in [1.82, 2.24) is 15.1 Å². The van der Waals surface area contributed by atoms with E-state index in [4.69, 9.17) is 4.74 Å². The molecule has 2 rings (SSSR count). The zero-order valence-corrected chi connectivity index (χ0v) is 15.2. The van der Waals surface area contributed by atoms with Gasteiger partial charge in [0.1, 0.15) is 6.54 Å². The van der Waals surface area contributed by atoms with Crippen molar-refractivity contribution in [2.24, 2.45) is 5.92 Å². The van der Waals surface area contributed by atoms with Gasteiger partial charge in [0.05, 0.1) is 6.61 Å². The largest absolute Gasteiger partial charge is 0.450 e. The van der Waals surface area contributed by atoms with Crippen LogP contribution in [0.3, 0.4) is 0 Å². The Morgan fingerprint density at radius 2 is 1.77 bits per heavy atom. The third kappa shape index (κ3) is 6.34. The maximum absolute atomic E-state index is 12.2. The Kier molecular flexibility index (Phi) is 7.55. The summed E-state index contributed by atoms with van der Waals surface area (Å²) in [6, 6.07) is 0.341. The number of carbonyl (C=O) groups excluding carboxylic acids is 2. The minimum absolute atomic E-state index is 0.270. The summed E-state index contributed by atoms with van der Waals surface area (Å²) in [7, 11) is 0. The molecule has 9 heteroatoms. The Labute approximate surface area is 152 Å². The van der Waals surface area contributed by atoms with Crippen LogP contribution in [-0.4, -0.2) is 73.3 Å². The van der Waals surface area contributed by atoms with Crippen LogP contribution < -0.4 is 5.32 Å². The summed E-state index contributed by atoms with van der Waals surface area (Å²) < 4.78 is 41.7. The molecule has 1 N–H and O–H groups in total. The van der Waals surface area contributed by atoms with Gasteiger partial charge in [0.2, 0.25) is 5.91 Å². The fourth-order valence-electron chi connectivity index (χ4n) is 3.70. The highest BCUT2D eigenvalue weighted by atomic mass is 19.4. The number of nitrogens with zero attached hydrogens (tertiary/aromatic N) is 2. The van der Waals surface area contributed by atoms with Gasteiger partial charge < -0.3 is 19.9 Å². The number of rotatable bonds is 4. The minimum atomic E-state index is -4.37. The molecule has 2 heterocycles. The number of nitrogens with one attached hydrogen (secondary N) is 1. The van der Waals surface area contributed by atoms with Gasteiger partial charge in [-0.25, -0.2) is 4.79 Å². The van der Waals surface area contributed by atoms with Crippen molar-refractivity contribution in [3.63, 3.8) is 0 Å². The number of piperidine rings is 1. The molecule has 0 aliphatic carbocycles. The molecule has 0 aromatic heterocycles. The highest BCUT2D eigenvalue weighted by Gasteiger charge is 2.33. The summed E-state index contributed by atoms with van der Waals surface area (Å²) >= 11 is 0. The number of amides is 2. The van der Waals surface area contributed by atoms with Crippen LogP contribution in [-0.2, 0) is 9.53 Å². The van der Waals surface area contributed by atoms with Crippen LogP contribution in [0, 0.1) is 5.92 Å². The van der Waals surface area contributed by atoms with E-state index in [-0.39, 0.29) is 12.0 Å². The maximum Gasteiger partial charge on any atom is 0.409 e. The normalized spacial score (nSPS) is 23.4. The zero-order chi connectivity index (χ0) is 19.2. The summed E-state index contributed by atoms with van der Waals surface area (Å²) in [5.41, 5.74) is 0. The third-order valence-electron chi connectivity index (χ3n) is 5.10. The number of carbonyl (C=O) groups is 2. The second-order valence-electron chi connectivity index (χ2n) is 6.91. The number of hydrogen-bond acceptors (Lipinski definition) is 4. The first kappa shape index (κ1) is 20.8. The smallest absolute Gasteiger partial charge is 0.409 e. The Balaban J connectivity index is 1.75. The first-order chi connectivity index (χ1) is 12.3. The molecule has 150 valence electrons. The van der Waals surface area contributed by atoms with Gasteiger partial charge in [0.15, 0.2) is 0 Å². The molecule has 26 heavy (non-hydrogen) atoms. The first-order valence-corrected chi connectivity index (χ1v) is 9.30. The van der Waals surface area contributed by atoms with E-state index in [1.165, 1.54) is 0 Å². The molecule has 2 saturated heterocycles. The minimum Gasteiger partial charge on any atom is -0.450 e. The summed E-state index contributed by atoms with van der Waals surface area (Å²) in [5, 5.41) is 1.99. The highest BCUT2D eigenvalue weighted by Crippen LogP contribution is 2.24. The third-order valence-corrected chi connectivity index (χ3v) is 5.10. The highest BCUT2D eigenvalue weighted by molar-refractivity contribution is 5.78. The Bertz CT molecular complexity index is 480. The van der Waals surface area contributed by atoms with Crippen LogP contribution in [0.4, 0.5) is 18.0 Å². The first-order valence-electron chi connectivity index (χ1n) is 9.30. The molecule has 1 unspecified atom stereocenters. The van der Waals surface area contributed by atoms with E-state index >= 15 is 0 Å². The van der Waals surface area contributed by atoms with Gasteiger partial charge in [-0.2, -0.15) is 13.2 Å². The van der Waals surface area contributed by atoms with E-state index in [2.05, 4.69) is 4.90 Å². The quantitative estimate of drug-likeness (QED) is 0.815. The van der Waals surface area contributed by atoms with Crippen LogP contribution >= 0.6 is 0 Å². The van der Waals surface area contributed by atoms with Crippen LogP contribution in [0.15, 0.2) is 0 Å². The number of alkyl halides is 3. The fourth-order valence-corrected chi connectivity index (χ4v) is 3.70. The van der Waals surface area contributed by atoms with E-state index in [0.717, 1.165) is 19.3 Å². The predicted octanol–water partition coefficient (Wildman–Crippen LogP) is 2.39. The number of halogens is 3. The van der Waals surface area contributed by atoms with Crippen molar-refractivity contribution >= 4 is 12.0 Å². The lowest BCUT2D eigenvalue weighted by molar-refractivity contribution is -0.141. The number of likely N-dealkylation sites (tertiary alicyclic amines) is 2. The van der Waals surface area contributed by atoms with Gasteiger partial charge in [-0.05, 0) is 52.1 Å². The molecule has 0 bridgehead atoms. The molecule has 1 atom stereocenters. The maximum atomic E-state index is 12.2. The van der Waals surface area contributed by atoms with Crippen molar-refractivity contribution in [3.05, 3.63) is 0 Å². The molecule has 2 fully saturated rings. The Morgan fingerprint density at radius 1 is 1.08 bits per heavy atom. The zero-order valence-electron chi connectivity index (χ0n) is 15.2. The molecule has 2 amide bonds. The SMILES string of the molecule is CCOC(=O)N1CCCC(N2CCC(C(=O)NCC(F)(F)F)CC2)CC1. The van der Waals surface area contributed by atoms with E-state index in [0.29, 0.717) is 51.7 Å². The fraction of sp³-hybridized carbons (Fsp3) is 0.882. The molecule has 0 spiro atoms. The van der Waals surface area contributed by atoms with Crippen molar-refractivity contribution in [2.45, 2.75) is 51.2 Å². The lowest BCUT2D eigenvalue weighted by Crippen LogP contribution is -2.46. The van der Waals surface area contributed by atoms with E-state index in [1.807, 2.05) is 5.32 Å². The van der Waals surface area contributed by atoms with Crippen molar-refractivity contribution in [1.29, 1.82) is 0 Å². The van der Waals surface area contributed by atoms with Gasteiger partial charge in [0, 0.05) is 25.0 Å². The lowest BCUT2D eigenvalue weighted by atomic mass is 9.93. The molecule has 2 aliphatic heterocycles. The monoisotopic (exact) mass is 379 g/mol. The summed E-state index contributed by atoms with van der Waals surface area (Å²) in [4.78, 5) is 27.8. The van der Waals surface area contributed by atoms with Gasteiger partial charge in [-0.15, -0.1) is 0 Å². The standard InChI is InChI=1S/C17H28F3N3O3/c1-2-26-16(25)23-8-3-4-14(7-11-23)22-9-5-13(6-10-22)15(24)21-12-17(18,19)20/h13-14H,2-12H2,1H3,(H,21,24). The average Bonchev–Trinajstić information content (AvgIpc) is 2.85. The second kappa shape index (κ2) is 9.43. The second-order valence-corrected chi connectivity index (χ2v) is 6.91. The average molecular weight is 379 g/mol. The molecule has 0 aromatic rings. The Hall–Kier alpha value is -1.51. The van der Waals surface area contributed by atoms with E-state index in [9.17, 15) is 22.8 Å². The summed E-state index contributed by atoms with van der Waals surface area (Å²) in [5.74, 6) is -0.855. The number of hydrogen-bond donors (Lipinski definition) is 1. The number of ether oxygens (including phenoxy) is 1. The molecule has 0 saturated carbocycles. The van der Waals surface area contributed by atoms with Crippen LogP contribution in [0.5, 0.6) is 0 Å². The predicted molar refractivity (Wildman–Crippen MR) is 89.6 cm³/mol. The summed E-state index contributed by atoms with van der Waals surface area (Å²) in [6.07, 6.45) is -0.779.